The van der Waals surface area contributed by atoms with Gasteiger partial charge in [0.15, 0.2) is 0 Å². The maximum Gasteiger partial charge on any atom is 0.253 e. The maximum absolute atomic E-state index is 13.0. The van der Waals surface area contributed by atoms with Crippen LogP contribution in [0.3, 0.4) is 0 Å². The molecule has 7 heteroatoms. The van der Waals surface area contributed by atoms with E-state index in [-0.39, 0.29) is 23.7 Å². The normalized spacial score (nSPS) is 10.6. The van der Waals surface area contributed by atoms with Crippen LogP contribution in [0.2, 0.25) is 5.02 Å². The number of carbonyl (C=O) groups is 1. The van der Waals surface area contributed by atoms with Crippen LogP contribution in [0.5, 0.6) is 0 Å². The van der Waals surface area contributed by atoms with Crippen molar-refractivity contribution in [3.8, 4) is 11.3 Å². The number of amides is 1. The lowest BCUT2D eigenvalue weighted by Gasteiger charge is -2.09. The van der Waals surface area contributed by atoms with Gasteiger partial charge < -0.3 is 5.32 Å². The number of halogens is 2. The van der Waals surface area contributed by atoms with Crippen molar-refractivity contribution < 1.29 is 9.18 Å². The Kier molecular flexibility index (Phi) is 5.98. The first-order chi connectivity index (χ1) is 13.0. The quantitative estimate of drug-likeness (QED) is 0.709. The second-order valence-electron chi connectivity index (χ2n) is 5.93. The molecule has 1 N–H and O–H groups in total. The van der Waals surface area contributed by atoms with E-state index in [9.17, 15) is 14.0 Å². The summed E-state index contributed by atoms with van der Waals surface area (Å²) in [5, 5.41) is 3.31. The molecule has 0 aliphatic rings. The van der Waals surface area contributed by atoms with Crippen LogP contribution in [0.1, 0.15) is 5.56 Å². The third-order valence-electron chi connectivity index (χ3n) is 4.00. The molecule has 5 nitrogen and oxygen atoms in total. The Morgan fingerprint density at radius 1 is 1.15 bits per heavy atom. The second kappa shape index (κ2) is 8.60. The van der Waals surface area contributed by atoms with Crippen molar-refractivity contribution in [3.05, 3.63) is 87.7 Å². The first-order valence-corrected chi connectivity index (χ1v) is 8.73. The molecule has 27 heavy (non-hydrogen) atoms. The molecule has 1 amide bonds. The molecule has 0 unspecified atom stereocenters. The average molecular weight is 386 g/mol. The Balaban J connectivity index is 1.57. The summed E-state index contributed by atoms with van der Waals surface area (Å²) in [5.74, 6) is -0.522. The zero-order chi connectivity index (χ0) is 19.2. The van der Waals surface area contributed by atoms with Crippen molar-refractivity contribution in [1.82, 2.24) is 14.9 Å². The summed E-state index contributed by atoms with van der Waals surface area (Å²) in [5.41, 5.74) is 1.64. The lowest BCUT2D eigenvalue weighted by Crippen LogP contribution is -2.31. The minimum Gasteiger partial charge on any atom is -0.354 e. The molecule has 3 rings (SSSR count). The molecule has 0 fully saturated rings. The van der Waals surface area contributed by atoms with Crippen molar-refractivity contribution in [2.75, 3.05) is 6.54 Å². The first-order valence-electron chi connectivity index (χ1n) is 8.35. The van der Waals surface area contributed by atoms with E-state index in [1.807, 2.05) is 6.07 Å². The molecule has 0 spiro atoms. The van der Waals surface area contributed by atoms with Gasteiger partial charge in [-0.25, -0.2) is 9.37 Å². The summed E-state index contributed by atoms with van der Waals surface area (Å²) in [6.07, 6.45) is 1.59. The topological polar surface area (TPSA) is 64.0 Å². The van der Waals surface area contributed by atoms with Crippen molar-refractivity contribution in [1.29, 1.82) is 0 Å². The second-order valence-corrected chi connectivity index (χ2v) is 6.34. The van der Waals surface area contributed by atoms with Gasteiger partial charge in [0.1, 0.15) is 5.82 Å². The van der Waals surface area contributed by atoms with Crippen LogP contribution < -0.4 is 10.9 Å². The highest BCUT2D eigenvalue weighted by atomic mass is 35.5. The van der Waals surface area contributed by atoms with Gasteiger partial charge in [-0.1, -0.05) is 29.8 Å². The summed E-state index contributed by atoms with van der Waals surface area (Å²) in [7, 11) is 0. The van der Waals surface area contributed by atoms with Gasteiger partial charge >= 0.3 is 0 Å². The first kappa shape index (κ1) is 18.8. The standard InChI is InChI=1S/C20H17ClFN3O2/c21-17-4-2-1-3-15(17)11-19(26)23-9-10-25-13-24-18(12-20(25)27)14-5-7-16(22)8-6-14/h1-8,12-13H,9-11H2,(H,23,26). The lowest BCUT2D eigenvalue weighted by atomic mass is 10.1. The molecule has 0 atom stereocenters. The van der Waals surface area contributed by atoms with E-state index in [4.69, 9.17) is 11.6 Å². The molecular weight excluding hydrogens is 369 g/mol. The smallest absolute Gasteiger partial charge is 0.253 e. The minimum absolute atomic E-state index is 0.174. The predicted octanol–water partition coefficient (Wildman–Crippen LogP) is 3.06. The maximum atomic E-state index is 13.0. The van der Waals surface area contributed by atoms with Crippen LogP contribution in [-0.2, 0) is 17.8 Å². The average Bonchev–Trinajstić information content (AvgIpc) is 2.65. The molecule has 1 heterocycles. The molecule has 0 radical (unpaired) electrons. The number of aromatic nitrogens is 2. The Labute approximate surface area is 160 Å². The third-order valence-corrected chi connectivity index (χ3v) is 4.37. The zero-order valence-electron chi connectivity index (χ0n) is 14.4. The number of benzene rings is 2. The van der Waals surface area contributed by atoms with E-state index in [1.165, 1.54) is 29.1 Å². The summed E-state index contributed by atoms with van der Waals surface area (Å²) < 4.78 is 14.4. The monoisotopic (exact) mass is 385 g/mol. The minimum atomic E-state index is -0.348. The van der Waals surface area contributed by atoms with Gasteiger partial charge in [0.2, 0.25) is 5.91 Å². The predicted molar refractivity (Wildman–Crippen MR) is 102 cm³/mol. The highest BCUT2D eigenvalue weighted by molar-refractivity contribution is 6.31. The molecule has 0 saturated carbocycles. The van der Waals surface area contributed by atoms with E-state index >= 15 is 0 Å². The Hall–Kier alpha value is -2.99. The van der Waals surface area contributed by atoms with E-state index in [0.29, 0.717) is 29.4 Å². The highest BCUT2D eigenvalue weighted by Gasteiger charge is 2.07. The van der Waals surface area contributed by atoms with Crippen molar-refractivity contribution >= 4 is 17.5 Å². The molecule has 1 aromatic heterocycles. The summed E-state index contributed by atoms with van der Waals surface area (Å²) in [6.45, 7) is 0.588. The fourth-order valence-electron chi connectivity index (χ4n) is 2.57. The van der Waals surface area contributed by atoms with Crippen molar-refractivity contribution in [2.45, 2.75) is 13.0 Å². The van der Waals surface area contributed by atoms with Gasteiger partial charge in [0, 0.05) is 29.7 Å². The van der Waals surface area contributed by atoms with Gasteiger partial charge in [-0.2, -0.15) is 0 Å². The molecule has 0 aliphatic carbocycles. The molecule has 0 bridgehead atoms. The Bertz CT molecular complexity index is 1000. The molecule has 2 aromatic carbocycles. The fourth-order valence-corrected chi connectivity index (χ4v) is 2.77. The largest absolute Gasteiger partial charge is 0.354 e. The van der Waals surface area contributed by atoms with Crippen LogP contribution in [0, 0.1) is 5.82 Å². The number of carbonyl (C=O) groups excluding carboxylic acids is 1. The number of rotatable bonds is 6. The SMILES string of the molecule is O=C(Cc1ccccc1Cl)NCCn1cnc(-c2ccc(F)cc2)cc1=O. The lowest BCUT2D eigenvalue weighted by molar-refractivity contribution is -0.120. The van der Waals surface area contributed by atoms with Gasteiger partial charge in [0.25, 0.3) is 5.56 Å². The van der Waals surface area contributed by atoms with Crippen LogP contribution >= 0.6 is 11.6 Å². The van der Waals surface area contributed by atoms with Gasteiger partial charge in [0.05, 0.1) is 18.4 Å². The van der Waals surface area contributed by atoms with Gasteiger partial charge in [-0.05, 0) is 35.9 Å². The Morgan fingerprint density at radius 3 is 2.59 bits per heavy atom. The molecule has 0 saturated heterocycles. The van der Waals surface area contributed by atoms with Crippen LogP contribution in [0.15, 0.2) is 65.7 Å². The highest BCUT2D eigenvalue weighted by Crippen LogP contribution is 2.16. The number of nitrogens with one attached hydrogen (secondary N) is 1. The number of hydrogen-bond donors (Lipinski definition) is 1. The van der Waals surface area contributed by atoms with Crippen LogP contribution in [0.25, 0.3) is 11.3 Å². The van der Waals surface area contributed by atoms with Crippen LogP contribution in [-0.4, -0.2) is 22.0 Å². The summed E-state index contributed by atoms with van der Waals surface area (Å²) in [4.78, 5) is 28.4. The Morgan fingerprint density at radius 2 is 1.89 bits per heavy atom. The third kappa shape index (κ3) is 5.01. The van der Waals surface area contributed by atoms with E-state index < -0.39 is 0 Å². The van der Waals surface area contributed by atoms with E-state index in [0.717, 1.165) is 5.56 Å². The van der Waals surface area contributed by atoms with Crippen LogP contribution in [0.4, 0.5) is 4.39 Å². The molecule has 0 aliphatic heterocycles. The summed E-state index contributed by atoms with van der Waals surface area (Å²) in [6, 6.07) is 14.3. The fraction of sp³-hybridized carbons (Fsp3) is 0.150. The van der Waals surface area contributed by atoms with E-state index in [1.54, 1.807) is 30.3 Å². The van der Waals surface area contributed by atoms with Crippen molar-refractivity contribution in [2.24, 2.45) is 0 Å². The molecule has 138 valence electrons. The van der Waals surface area contributed by atoms with Gasteiger partial charge in [-0.3, -0.25) is 14.2 Å². The van der Waals surface area contributed by atoms with Crippen molar-refractivity contribution in [3.63, 3.8) is 0 Å². The molecular formula is C20H17ClFN3O2. The number of hydrogen-bond acceptors (Lipinski definition) is 3. The van der Waals surface area contributed by atoms with E-state index in [2.05, 4.69) is 10.3 Å². The summed E-state index contributed by atoms with van der Waals surface area (Å²) >= 11 is 6.04. The molecule has 3 aromatic rings. The van der Waals surface area contributed by atoms with Gasteiger partial charge in [-0.15, -0.1) is 0 Å². The zero-order valence-corrected chi connectivity index (χ0v) is 15.1. The number of nitrogens with zero attached hydrogens (tertiary/aromatic N) is 2.